The Hall–Kier alpha value is -0.513. The van der Waals surface area contributed by atoms with E-state index in [1.54, 1.807) is 13.8 Å². The molecule has 0 radical (unpaired) electrons. The van der Waals surface area contributed by atoms with Gasteiger partial charge in [-0.05, 0) is 32.0 Å². The number of carbonyl (C=O) groups is 1. The summed E-state index contributed by atoms with van der Waals surface area (Å²) in [6, 6.07) is -1.13. The third-order valence-corrected chi connectivity index (χ3v) is 10.0. The molecule has 0 aromatic heterocycles. The van der Waals surface area contributed by atoms with Crippen molar-refractivity contribution < 1.29 is 28.5 Å². The van der Waals surface area contributed by atoms with Gasteiger partial charge < -0.3 is 23.7 Å². The molecule has 0 amide bonds. The number of nitrogens with one attached hydrogen (secondary N) is 1. The maximum absolute atomic E-state index is 12.2. The van der Waals surface area contributed by atoms with Gasteiger partial charge in [0.15, 0.2) is 14.1 Å². The zero-order valence-electron chi connectivity index (χ0n) is 16.6. The molecule has 0 bridgehead atoms. The van der Waals surface area contributed by atoms with Crippen molar-refractivity contribution in [3.8, 4) is 0 Å². The molecule has 25 heavy (non-hydrogen) atoms. The molecule has 2 rings (SSSR count). The van der Waals surface area contributed by atoms with E-state index in [9.17, 15) is 9.90 Å². The summed E-state index contributed by atoms with van der Waals surface area (Å²) in [6.45, 7) is 14.6. The number of piperidine rings is 1. The molecule has 0 aliphatic carbocycles. The first kappa shape index (κ1) is 20.8. The van der Waals surface area contributed by atoms with E-state index in [4.69, 9.17) is 18.6 Å². The second-order valence-corrected chi connectivity index (χ2v) is 13.7. The first-order valence-corrected chi connectivity index (χ1v) is 11.7. The van der Waals surface area contributed by atoms with Gasteiger partial charge in [0.25, 0.3) is 0 Å². The molecule has 2 aliphatic rings. The number of esters is 1. The summed E-state index contributed by atoms with van der Waals surface area (Å²) in [5.41, 5.74) is 0. The standard InChI is InChI=1S/C17H33NO6Si/c1-16(2,3)25(7,8)22-9-10-12(19)14-13(23-17(4,5)24-14)11(18-10)15(20)21-6/h10-14,18-19H,9H2,1-8H3/t10-,11-,12-,13-,14+/m1/s1. The van der Waals surface area contributed by atoms with Crippen LogP contribution in [0.15, 0.2) is 0 Å². The van der Waals surface area contributed by atoms with Gasteiger partial charge in [-0.2, -0.15) is 0 Å². The quantitative estimate of drug-likeness (QED) is 0.567. The van der Waals surface area contributed by atoms with Crippen LogP contribution in [0, 0.1) is 0 Å². The zero-order chi connectivity index (χ0) is 19.2. The van der Waals surface area contributed by atoms with Crippen LogP contribution in [0.2, 0.25) is 18.1 Å². The number of hydrogen-bond donors (Lipinski definition) is 2. The smallest absolute Gasteiger partial charge is 0.325 e. The summed E-state index contributed by atoms with van der Waals surface area (Å²) >= 11 is 0. The minimum absolute atomic E-state index is 0.0614. The number of ether oxygens (including phenoxy) is 3. The van der Waals surface area contributed by atoms with Gasteiger partial charge in [-0.25, -0.2) is 0 Å². The number of rotatable bonds is 4. The SMILES string of the molecule is COC(=O)[C@@H]1N[C@H](CO[Si](C)(C)C(C)(C)C)[C@@H](O)[C@@H]2OC(C)(C)O[C@@H]21. The molecule has 2 aliphatic heterocycles. The predicted octanol–water partition coefficient (Wildman–Crippen LogP) is 1.40. The van der Waals surface area contributed by atoms with Crippen molar-refractivity contribution in [1.82, 2.24) is 5.32 Å². The van der Waals surface area contributed by atoms with E-state index in [2.05, 4.69) is 39.2 Å². The third kappa shape index (κ3) is 4.25. The van der Waals surface area contributed by atoms with Gasteiger partial charge in [0, 0.05) is 0 Å². The number of fused-ring (bicyclic) bond motifs is 1. The van der Waals surface area contributed by atoms with Gasteiger partial charge in [-0.3, -0.25) is 10.1 Å². The van der Waals surface area contributed by atoms with E-state index < -0.39 is 50.5 Å². The molecule has 0 aromatic rings. The molecule has 2 saturated heterocycles. The fraction of sp³-hybridized carbons (Fsp3) is 0.941. The lowest BCUT2D eigenvalue weighted by atomic mass is 9.90. The predicted molar refractivity (Wildman–Crippen MR) is 95.7 cm³/mol. The van der Waals surface area contributed by atoms with Crippen LogP contribution < -0.4 is 5.32 Å². The van der Waals surface area contributed by atoms with Crippen molar-refractivity contribution in [2.24, 2.45) is 0 Å². The highest BCUT2D eigenvalue weighted by molar-refractivity contribution is 6.74. The zero-order valence-corrected chi connectivity index (χ0v) is 17.6. The Bertz CT molecular complexity index is 504. The summed E-state index contributed by atoms with van der Waals surface area (Å²) < 4.78 is 22.8. The normalized spacial score (nSPS) is 35.3. The van der Waals surface area contributed by atoms with Gasteiger partial charge in [0.1, 0.15) is 24.4 Å². The summed E-state index contributed by atoms with van der Waals surface area (Å²) in [5, 5.41) is 14.0. The fourth-order valence-electron chi connectivity index (χ4n) is 2.98. The molecule has 0 spiro atoms. The van der Waals surface area contributed by atoms with E-state index in [1.165, 1.54) is 7.11 Å². The van der Waals surface area contributed by atoms with Gasteiger partial charge in [0.2, 0.25) is 0 Å². The average Bonchev–Trinajstić information content (AvgIpc) is 2.80. The minimum Gasteiger partial charge on any atom is -0.468 e. The largest absolute Gasteiger partial charge is 0.468 e. The second-order valence-electron chi connectivity index (χ2n) is 8.90. The Morgan fingerprint density at radius 2 is 1.80 bits per heavy atom. The first-order valence-electron chi connectivity index (χ1n) is 8.80. The number of carbonyl (C=O) groups excluding carboxylic acids is 1. The van der Waals surface area contributed by atoms with Crippen LogP contribution in [0.25, 0.3) is 0 Å². The van der Waals surface area contributed by atoms with E-state index >= 15 is 0 Å². The van der Waals surface area contributed by atoms with Crippen LogP contribution in [-0.2, 0) is 23.4 Å². The monoisotopic (exact) mass is 375 g/mol. The van der Waals surface area contributed by atoms with Crippen LogP contribution in [-0.4, -0.2) is 69.3 Å². The molecule has 7 nitrogen and oxygen atoms in total. The van der Waals surface area contributed by atoms with E-state index in [0.29, 0.717) is 6.61 Å². The van der Waals surface area contributed by atoms with E-state index in [-0.39, 0.29) is 5.04 Å². The van der Waals surface area contributed by atoms with Crippen molar-refractivity contribution in [3.05, 3.63) is 0 Å². The summed E-state index contributed by atoms with van der Waals surface area (Å²) in [6.07, 6.45) is -2.03. The molecular weight excluding hydrogens is 342 g/mol. The maximum atomic E-state index is 12.2. The van der Waals surface area contributed by atoms with Crippen LogP contribution in [0.1, 0.15) is 34.6 Å². The molecule has 0 aromatic carbocycles. The molecule has 8 heteroatoms. The van der Waals surface area contributed by atoms with E-state index in [1.807, 2.05) is 0 Å². The molecule has 2 heterocycles. The molecular formula is C17H33NO6Si. The summed E-state index contributed by atoms with van der Waals surface area (Å²) in [7, 11) is -0.638. The van der Waals surface area contributed by atoms with Gasteiger partial charge in [-0.1, -0.05) is 20.8 Å². The Balaban J connectivity index is 2.16. The van der Waals surface area contributed by atoms with Crippen molar-refractivity contribution in [1.29, 1.82) is 0 Å². The van der Waals surface area contributed by atoms with Gasteiger partial charge in [0.05, 0.1) is 19.8 Å². The van der Waals surface area contributed by atoms with Crippen molar-refractivity contribution in [3.63, 3.8) is 0 Å². The van der Waals surface area contributed by atoms with Gasteiger partial charge >= 0.3 is 5.97 Å². The molecule has 2 N–H and O–H groups in total. The highest BCUT2D eigenvalue weighted by Crippen LogP contribution is 2.38. The number of methoxy groups -OCH3 is 1. The van der Waals surface area contributed by atoms with Crippen LogP contribution >= 0.6 is 0 Å². The minimum atomic E-state index is -1.98. The number of aliphatic hydroxyl groups excluding tert-OH is 1. The second kappa shape index (κ2) is 6.90. The van der Waals surface area contributed by atoms with Crippen molar-refractivity contribution in [2.45, 2.75) is 88.9 Å². The Morgan fingerprint density at radius 1 is 1.24 bits per heavy atom. The van der Waals surface area contributed by atoms with Crippen LogP contribution in [0.3, 0.4) is 0 Å². The van der Waals surface area contributed by atoms with Gasteiger partial charge in [-0.15, -0.1) is 0 Å². The molecule has 5 atom stereocenters. The van der Waals surface area contributed by atoms with E-state index in [0.717, 1.165) is 0 Å². The Morgan fingerprint density at radius 3 is 2.32 bits per heavy atom. The summed E-state index contributed by atoms with van der Waals surface area (Å²) in [5.74, 6) is -1.29. The lowest BCUT2D eigenvalue weighted by molar-refractivity contribution is -0.158. The fourth-order valence-corrected chi connectivity index (χ4v) is 4.01. The van der Waals surface area contributed by atoms with Crippen molar-refractivity contribution >= 4 is 14.3 Å². The molecule has 0 unspecified atom stereocenters. The molecule has 146 valence electrons. The molecule has 0 saturated carbocycles. The average molecular weight is 376 g/mol. The van der Waals surface area contributed by atoms with Crippen LogP contribution in [0.4, 0.5) is 0 Å². The first-order chi connectivity index (χ1) is 11.3. The third-order valence-electron chi connectivity index (χ3n) is 5.52. The van der Waals surface area contributed by atoms with Crippen LogP contribution in [0.5, 0.6) is 0 Å². The maximum Gasteiger partial charge on any atom is 0.325 e. The Kier molecular flexibility index (Phi) is 5.74. The molecule has 2 fully saturated rings. The lowest BCUT2D eigenvalue weighted by Gasteiger charge is -2.42. The topological polar surface area (TPSA) is 86.3 Å². The Labute approximate surface area is 151 Å². The number of hydrogen-bond acceptors (Lipinski definition) is 7. The lowest BCUT2D eigenvalue weighted by Crippen LogP contribution is -2.67. The number of aliphatic hydroxyl groups is 1. The highest BCUT2D eigenvalue weighted by Gasteiger charge is 2.56. The summed E-state index contributed by atoms with van der Waals surface area (Å²) in [4.78, 5) is 12.2. The van der Waals surface area contributed by atoms with Crippen molar-refractivity contribution in [2.75, 3.05) is 13.7 Å². The highest BCUT2D eigenvalue weighted by atomic mass is 28.4.